The first-order valence-electron chi connectivity index (χ1n) is 7.05. The molecule has 132 valence electrons. The molecule has 1 aliphatic rings. The molecule has 23 heavy (non-hydrogen) atoms. The molecule has 0 amide bonds. The fourth-order valence-electron chi connectivity index (χ4n) is 2.56. The third-order valence-corrected chi connectivity index (χ3v) is 6.82. The molecular weight excluding hydrogens is 408 g/mol. The molecule has 0 bridgehead atoms. The lowest BCUT2D eigenvalue weighted by atomic mass is 9.99. The number of benzene rings is 1. The Bertz CT molecular complexity index is 634. The Labute approximate surface area is 151 Å². The predicted molar refractivity (Wildman–Crippen MR) is 95.0 cm³/mol. The highest BCUT2D eigenvalue weighted by Crippen LogP contribution is 2.37. The van der Waals surface area contributed by atoms with Crippen LogP contribution >= 0.6 is 28.3 Å². The summed E-state index contributed by atoms with van der Waals surface area (Å²) in [5.74, 6) is 1.27. The van der Waals surface area contributed by atoms with Gasteiger partial charge in [0, 0.05) is 23.6 Å². The van der Waals surface area contributed by atoms with Gasteiger partial charge in [-0.3, -0.25) is 0 Å². The summed E-state index contributed by atoms with van der Waals surface area (Å²) in [4.78, 5) is 0.191. The Balaban J connectivity index is 0.00000264. The second-order valence-corrected chi connectivity index (χ2v) is 7.98. The molecule has 2 N–H and O–H groups in total. The Morgan fingerprint density at radius 3 is 2.22 bits per heavy atom. The summed E-state index contributed by atoms with van der Waals surface area (Å²) >= 11 is 3.32. The number of sulfonamides is 1. The molecule has 1 fully saturated rings. The summed E-state index contributed by atoms with van der Waals surface area (Å²) in [7, 11) is -0.581. The van der Waals surface area contributed by atoms with Gasteiger partial charge in [0.15, 0.2) is 11.5 Å². The van der Waals surface area contributed by atoms with E-state index in [0.717, 1.165) is 12.8 Å². The fraction of sp³-hybridized carbons (Fsp3) is 0.571. The summed E-state index contributed by atoms with van der Waals surface area (Å²) in [5, 5.41) is 0. The van der Waals surface area contributed by atoms with Gasteiger partial charge in [0.05, 0.1) is 14.2 Å². The van der Waals surface area contributed by atoms with Crippen molar-refractivity contribution >= 4 is 38.4 Å². The number of nitrogens with two attached hydrogens (primary N) is 1. The van der Waals surface area contributed by atoms with Gasteiger partial charge in [-0.1, -0.05) is 0 Å². The smallest absolute Gasteiger partial charge is 0.244 e. The van der Waals surface area contributed by atoms with Crippen molar-refractivity contribution in [3.8, 4) is 11.5 Å². The molecule has 1 aromatic carbocycles. The van der Waals surface area contributed by atoms with Gasteiger partial charge in [0.2, 0.25) is 10.0 Å². The van der Waals surface area contributed by atoms with Gasteiger partial charge in [0.1, 0.15) is 4.90 Å². The van der Waals surface area contributed by atoms with Crippen LogP contribution < -0.4 is 15.2 Å². The monoisotopic (exact) mass is 428 g/mol. The largest absolute Gasteiger partial charge is 0.493 e. The molecular formula is C14H22BrClN2O4S. The minimum Gasteiger partial charge on any atom is -0.493 e. The lowest BCUT2D eigenvalue weighted by Gasteiger charge is -2.30. The van der Waals surface area contributed by atoms with Crippen molar-refractivity contribution < 1.29 is 17.9 Å². The lowest BCUT2D eigenvalue weighted by molar-refractivity contribution is 0.278. The molecule has 1 aromatic rings. The van der Waals surface area contributed by atoms with Gasteiger partial charge in [-0.25, -0.2) is 8.42 Å². The first-order chi connectivity index (χ1) is 10.4. The number of hydrogen-bond donors (Lipinski definition) is 1. The van der Waals surface area contributed by atoms with E-state index in [2.05, 4.69) is 15.9 Å². The number of rotatable bonds is 5. The minimum absolute atomic E-state index is 0. The van der Waals surface area contributed by atoms with Crippen LogP contribution in [-0.4, -0.2) is 46.6 Å². The topological polar surface area (TPSA) is 81.9 Å². The molecule has 0 unspecified atom stereocenters. The van der Waals surface area contributed by atoms with Crippen LogP contribution in [0.4, 0.5) is 0 Å². The van der Waals surface area contributed by atoms with Gasteiger partial charge in [0.25, 0.3) is 0 Å². The fourth-order valence-corrected chi connectivity index (χ4v) is 5.02. The maximum absolute atomic E-state index is 12.8. The number of hydrogen-bond acceptors (Lipinski definition) is 5. The van der Waals surface area contributed by atoms with E-state index >= 15 is 0 Å². The standard InChI is InChI=1S/C14H21BrN2O4S.ClH/c1-20-12-7-11(15)14(8-13(12)21-2)22(18,19)17-5-3-10(9-16)4-6-17;/h7-8,10H,3-6,9,16H2,1-2H3;1H. The van der Waals surface area contributed by atoms with Crippen LogP contribution in [0.25, 0.3) is 0 Å². The van der Waals surface area contributed by atoms with Crippen molar-refractivity contribution in [2.75, 3.05) is 33.9 Å². The van der Waals surface area contributed by atoms with Crippen molar-refractivity contribution in [3.05, 3.63) is 16.6 Å². The van der Waals surface area contributed by atoms with Crippen LogP contribution in [0.1, 0.15) is 12.8 Å². The minimum atomic E-state index is -3.57. The Morgan fingerprint density at radius 2 is 1.74 bits per heavy atom. The van der Waals surface area contributed by atoms with E-state index in [1.54, 1.807) is 6.07 Å². The zero-order valence-electron chi connectivity index (χ0n) is 13.1. The van der Waals surface area contributed by atoms with Crippen molar-refractivity contribution in [2.24, 2.45) is 11.7 Å². The first kappa shape index (κ1) is 20.5. The van der Waals surface area contributed by atoms with E-state index in [1.807, 2.05) is 0 Å². The van der Waals surface area contributed by atoms with Crippen LogP contribution in [0.2, 0.25) is 0 Å². The van der Waals surface area contributed by atoms with E-state index in [-0.39, 0.29) is 17.3 Å². The van der Waals surface area contributed by atoms with E-state index in [4.69, 9.17) is 15.2 Å². The van der Waals surface area contributed by atoms with Crippen molar-refractivity contribution in [1.29, 1.82) is 0 Å². The van der Waals surface area contributed by atoms with Gasteiger partial charge in [-0.05, 0) is 47.3 Å². The van der Waals surface area contributed by atoms with Gasteiger partial charge in [-0.2, -0.15) is 4.31 Å². The van der Waals surface area contributed by atoms with Crippen LogP contribution in [0, 0.1) is 5.92 Å². The predicted octanol–water partition coefficient (Wildman–Crippen LogP) is 2.25. The number of halogens is 2. The molecule has 9 heteroatoms. The molecule has 0 aromatic heterocycles. The first-order valence-corrected chi connectivity index (χ1v) is 9.29. The highest BCUT2D eigenvalue weighted by atomic mass is 79.9. The molecule has 0 spiro atoms. The SMILES string of the molecule is COc1cc(Br)c(S(=O)(=O)N2CCC(CN)CC2)cc1OC.Cl. The highest BCUT2D eigenvalue weighted by Gasteiger charge is 2.31. The molecule has 1 heterocycles. The zero-order chi connectivity index (χ0) is 16.3. The highest BCUT2D eigenvalue weighted by molar-refractivity contribution is 9.10. The maximum atomic E-state index is 12.8. The molecule has 0 saturated carbocycles. The molecule has 0 radical (unpaired) electrons. The average Bonchev–Trinajstić information content (AvgIpc) is 2.54. The van der Waals surface area contributed by atoms with Crippen LogP contribution in [0.3, 0.4) is 0 Å². The van der Waals surface area contributed by atoms with Crippen LogP contribution in [-0.2, 0) is 10.0 Å². The lowest BCUT2D eigenvalue weighted by Crippen LogP contribution is -2.40. The van der Waals surface area contributed by atoms with E-state index < -0.39 is 10.0 Å². The molecule has 2 rings (SSSR count). The molecule has 1 saturated heterocycles. The third kappa shape index (κ3) is 4.30. The van der Waals surface area contributed by atoms with E-state index in [1.165, 1.54) is 24.6 Å². The normalized spacial score (nSPS) is 16.7. The van der Waals surface area contributed by atoms with Gasteiger partial charge >= 0.3 is 0 Å². The van der Waals surface area contributed by atoms with Crippen LogP contribution in [0.15, 0.2) is 21.5 Å². The summed E-state index contributed by atoms with van der Waals surface area (Å²) in [5.41, 5.74) is 5.66. The Morgan fingerprint density at radius 1 is 1.22 bits per heavy atom. The molecule has 6 nitrogen and oxygen atoms in total. The second kappa shape index (κ2) is 8.53. The number of methoxy groups -OCH3 is 2. The number of piperidine rings is 1. The van der Waals surface area contributed by atoms with Crippen molar-refractivity contribution in [3.63, 3.8) is 0 Å². The van der Waals surface area contributed by atoms with Gasteiger partial charge in [-0.15, -0.1) is 12.4 Å². The molecule has 0 aliphatic carbocycles. The Kier molecular flexibility index (Phi) is 7.60. The zero-order valence-corrected chi connectivity index (χ0v) is 16.3. The molecule has 0 atom stereocenters. The molecule has 1 aliphatic heterocycles. The van der Waals surface area contributed by atoms with E-state index in [0.29, 0.717) is 41.5 Å². The summed E-state index contributed by atoms with van der Waals surface area (Å²) in [6.07, 6.45) is 1.58. The van der Waals surface area contributed by atoms with Gasteiger partial charge < -0.3 is 15.2 Å². The maximum Gasteiger partial charge on any atom is 0.244 e. The summed E-state index contributed by atoms with van der Waals surface area (Å²) in [6.45, 7) is 1.59. The average molecular weight is 430 g/mol. The number of ether oxygens (including phenoxy) is 2. The summed E-state index contributed by atoms with van der Waals surface area (Å²) in [6, 6.07) is 3.10. The number of nitrogens with zero attached hydrogens (tertiary/aromatic N) is 1. The second-order valence-electron chi connectivity index (χ2n) is 5.22. The van der Waals surface area contributed by atoms with Crippen molar-refractivity contribution in [2.45, 2.75) is 17.7 Å². The third-order valence-electron chi connectivity index (χ3n) is 3.96. The Hall–Kier alpha value is -0.540. The summed E-state index contributed by atoms with van der Waals surface area (Å²) < 4.78 is 38.0. The van der Waals surface area contributed by atoms with E-state index in [9.17, 15) is 8.42 Å². The van der Waals surface area contributed by atoms with Crippen molar-refractivity contribution in [1.82, 2.24) is 4.31 Å². The van der Waals surface area contributed by atoms with Crippen LogP contribution in [0.5, 0.6) is 11.5 Å². The quantitative estimate of drug-likeness (QED) is 0.776.